The first-order valence-corrected chi connectivity index (χ1v) is 7.88. The zero-order valence-corrected chi connectivity index (χ0v) is 11.1. The minimum atomic E-state index is -3.27. The van der Waals surface area contributed by atoms with Crippen molar-refractivity contribution in [3.63, 3.8) is 0 Å². The van der Waals surface area contributed by atoms with Crippen molar-refractivity contribution in [3.8, 4) is 0 Å². The number of hydrogen-bond donors (Lipinski definition) is 2. The minimum absolute atomic E-state index is 0.0321. The van der Waals surface area contributed by atoms with Gasteiger partial charge in [-0.05, 0) is 30.5 Å². The van der Waals surface area contributed by atoms with Gasteiger partial charge in [-0.2, -0.15) is 0 Å². The summed E-state index contributed by atoms with van der Waals surface area (Å²) in [5.74, 6) is 0. The first kappa shape index (κ1) is 13.4. The third-order valence-electron chi connectivity index (χ3n) is 3.39. The maximum absolute atomic E-state index is 12.1. The highest BCUT2D eigenvalue weighted by atomic mass is 32.2. The van der Waals surface area contributed by atoms with E-state index in [2.05, 4.69) is 4.72 Å². The van der Waals surface area contributed by atoms with Gasteiger partial charge in [0.25, 0.3) is 0 Å². The van der Waals surface area contributed by atoms with Gasteiger partial charge in [-0.3, -0.25) is 4.72 Å². The summed E-state index contributed by atoms with van der Waals surface area (Å²) in [6.45, 7) is -0.0321. The van der Waals surface area contributed by atoms with Gasteiger partial charge in [-0.15, -0.1) is 0 Å². The maximum Gasteiger partial charge on any atom is 0.235 e. The number of aliphatic hydroxyl groups is 1. The Bertz CT molecular complexity index is 475. The largest absolute Gasteiger partial charge is 0.392 e. The molecule has 4 nitrogen and oxygen atoms in total. The van der Waals surface area contributed by atoms with Crippen LogP contribution in [0.3, 0.4) is 0 Å². The topological polar surface area (TPSA) is 66.4 Å². The monoisotopic (exact) mass is 269 g/mol. The second-order valence-corrected chi connectivity index (χ2v) is 6.72. The molecule has 5 heteroatoms. The van der Waals surface area contributed by atoms with Gasteiger partial charge in [-0.1, -0.05) is 31.4 Å². The van der Waals surface area contributed by atoms with E-state index in [4.69, 9.17) is 5.11 Å². The first-order chi connectivity index (χ1) is 8.62. The van der Waals surface area contributed by atoms with Gasteiger partial charge in [0.2, 0.25) is 10.0 Å². The van der Waals surface area contributed by atoms with Crippen LogP contribution in [0.15, 0.2) is 24.3 Å². The number of anilines is 1. The lowest BCUT2D eigenvalue weighted by Crippen LogP contribution is -2.29. The molecule has 0 unspecified atom stereocenters. The summed E-state index contributed by atoms with van der Waals surface area (Å²) in [5.41, 5.74) is 1.34. The van der Waals surface area contributed by atoms with Crippen molar-refractivity contribution in [2.24, 2.45) is 0 Å². The Morgan fingerprint density at radius 2 is 1.72 bits per heavy atom. The van der Waals surface area contributed by atoms with Crippen LogP contribution in [0, 0.1) is 0 Å². The van der Waals surface area contributed by atoms with Crippen molar-refractivity contribution in [1.82, 2.24) is 0 Å². The van der Waals surface area contributed by atoms with E-state index in [-0.39, 0.29) is 11.9 Å². The third-order valence-corrected chi connectivity index (χ3v) is 5.26. The molecule has 1 aliphatic carbocycles. The van der Waals surface area contributed by atoms with Crippen LogP contribution >= 0.6 is 0 Å². The summed E-state index contributed by atoms with van der Waals surface area (Å²) in [6.07, 6.45) is 4.63. The predicted molar refractivity (Wildman–Crippen MR) is 71.8 cm³/mol. The van der Waals surface area contributed by atoms with Crippen LogP contribution in [-0.2, 0) is 16.6 Å². The normalized spacial score (nSPS) is 17.6. The molecule has 100 valence electrons. The average molecular weight is 269 g/mol. The van der Waals surface area contributed by atoms with E-state index >= 15 is 0 Å². The molecule has 0 saturated heterocycles. The Morgan fingerprint density at radius 1 is 1.11 bits per heavy atom. The maximum atomic E-state index is 12.1. The van der Waals surface area contributed by atoms with Crippen molar-refractivity contribution >= 4 is 15.7 Å². The quantitative estimate of drug-likeness (QED) is 0.881. The lowest BCUT2D eigenvalue weighted by Gasteiger charge is -2.22. The zero-order chi connectivity index (χ0) is 13.0. The molecule has 0 heterocycles. The highest BCUT2D eigenvalue weighted by molar-refractivity contribution is 7.93. The van der Waals surface area contributed by atoms with Crippen molar-refractivity contribution in [2.75, 3.05) is 4.72 Å². The average Bonchev–Trinajstić information content (AvgIpc) is 2.40. The van der Waals surface area contributed by atoms with Gasteiger partial charge in [-0.25, -0.2) is 8.42 Å². The number of hydrogen-bond acceptors (Lipinski definition) is 3. The van der Waals surface area contributed by atoms with E-state index in [0.29, 0.717) is 5.69 Å². The predicted octanol–water partition coefficient (Wildman–Crippen LogP) is 2.25. The fourth-order valence-electron chi connectivity index (χ4n) is 2.30. The van der Waals surface area contributed by atoms with Crippen molar-refractivity contribution in [3.05, 3.63) is 29.8 Å². The van der Waals surface area contributed by atoms with E-state index in [1.807, 2.05) is 0 Å². The Hall–Kier alpha value is -1.07. The highest BCUT2D eigenvalue weighted by Crippen LogP contribution is 2.25. The molecule has 0 aliphatic heterocycles. The Morgan fingerprint density at radius 3 is 2.28 bits per heavy atom. The van der Waals surface area contributed by atoms with Gasteiger partial charge in [0, 0.05) is 5.69 Å². The molecule has 1 fully saturated rings. The van der Waals surface area contributed by atoms with Crippen molar-refractivity contribution in [1.29, 1.82) is 0 Å². The number of benzene rings is 1. The second-order valence-electron chi connectivity index (χ2n) is 4.76. The van der Waals surface area contributed by atoms with Crippen LogP contribution in [0.4, 0.5) is 5.69 Å². The summed E-state index contributed by atoms with van der Waals surface area (Å²) in [5, 5.41) is 8.67. The fourth-order valence-corrected chi connectivity index (χ4v) is 3.89. The summed E-state index contributed by atoms with van der Waals surface area (Å²) >= 11 is 0. The molecule has 0 bridgehead atoms. The lowest BCUT2D eigenvalue weighted by atomic mass is 10.0. The number of rotatable bonds is 4. The summed E-state index contributed by atoms with van der Waals surface area (Å²) in [4.78, 5) is 0. The highest BCUT2D eigenvalue weighted by Gasteiger charge is 2.26. The molecule has 0 radical (unpaired) electrons. The molecular formula is C13H19NO3S. The fraction of sp³-hybridized carbons (Fsp3) is 0.538. The Kier molecular flexibility index (Phi) is 4.24. The van der Waals surface area contributed by atoms with Crippen LogP contribution in [-0.4, -0.2) is 18.8 Å². The molecule has 0 atom stereocenters. The summed E-state index contributed by atoms with van der Waals surface area (Å²) < 4.78 is 26.9. The lowest BCUT2D eigenvalue weighted by molar-refractivity contribution is 0.282. The summed E-state index contributed by atoms with van der Waals surface area (Å²) in [7, 11) is -3.27. The van der Waals surface area contributed by atoms with Crippen LogP contribution < -0.4 is 4.72 Å². The van der Waals surface area contributed by atoms with Gasteiger partial charge >= 0.3 is 0 Å². The van der Waals surface area contributed by atoms with E-state index < -0.39 is 10.0 Å². The van der Waals surface area contributed by atoms with Crippen molar-refractivity contribution < 1.29 is 13.5 Å². The third kappa shape index (κ3) is 3.23. The van der Waals surface area contributed by atoms with Gasteiger partial charge in [0.1, 0.15) is 0 Å². The molecule has 2 rings (SSSR count). The SMILES string of the molecule is O=S(=O)(Nc1ccc(CO)cc1)C1CCCCC1. The molecule has 18 heavy (non-hydrogen) atoms. The van der Waals surface area contributed by atoms with Crippen LogP contribution in [0.2, 0.25) is 0 Å². The van der Waals surface area contributed by atoms with Gasteiger partial charge in [0.15, 0.2) is 0 Å². The summed E-state index contributed by atoms with van der Waals surface area (Å²) in [6, 6.07) is 6.81. The molecule has 1 aliphatic rings. The Labute approximate surface area is 108 Å². The van der Waals surface area contributed by atoms with Crippen LogP contribution in [0.25, 0.3) is 0 Å². The van der Waals surface area contributed by atoms with Crippen LogP contribution in [0.5, 0.6) is 0 Å². The molecule has 0 amide bonds. The van der Waals surface area contributed by atoms with E-state index in [0.717, 1.165) is 37.7 Å². The van der Waals surface area contributed by atoms with E-state index in [9.17, 15) is 8.42 Å². The van der Waals surface area contributed by atoms with Gasteiger partial charge < -0.3 is 5.11 Å². The molecule has 1 saturated carbocycles. The molecule has 2 N–H and O–H groups in total. The zero-order valence-electron chi connectivity index (χ0n) is 10.3. The van der Waals surface area contributed by atoms with E-state index in [1.165, 1.54) is 0 Å². The molecular weight excluding hydrogens is 250 g/mol. The molecule has 1 aromatic rings. The number of aliphatic hydroxyl groups excluding tert-OH is 1. The van der Waals surface area contributed by atoms with Crippen LogP contribution in [0.1, 0.15) is 37.7 Å². The number of sulfonamides is 1. The standard InChI is InChI=1S/C13H19NO3S/c15-10-11-6-8-12(9-7-11)14-18(16,17)13-4-2-1-3-5-13/h6-9,13-15H,1-5,10H2. The second kappa shape index (κ2) is 5.71. The Balaban J connectivity index is 2.06. The smallest absolute Gasteiger partial charge is 0.235 e. The number of nitrogens with one attached hydrogen (secondary N) is 1. The van der Waals surface area contributed by atoms with E-state index in [1.54, 1.807) is 24.3 Å². The molecule has 0 aromatic heterocycles. The van der Waals surface area contributed by atoms with Gasteiger partial charge in [0.05, 0.1) is 11.9 Å². The minimum Gasteiger partial charge on any atom is -0.392 e. The molecule has 1 aromatic carbocycles. The van der Waals surface area contributed by atoms with Crippen molar-refractivity contribution in [2.45, 2.75) is 44.0 Å². The first-order valence-electron chi connectivity index (χ1n) is 6.33. The molecule has 0 spiro atoms.